The van der Waals surface area contributed by atoms with Crippen molar-refractivity contribution in [2.45, 2.75) is 57.2 Å². The van der Waals surface area contributed by atoms with Crippen molar-refractivity contribution in [2.24, 2.45) is 11.8 Å². The predicted octanol–water partition coefficient (Wildman–Crippen LogP) is 3.83. The highest BCUT2D eigenvalue weighted by Crippen LogP contribution is 2.33. The first-order chi connectivity index (χ1) is 8.08. The monoisotopic (exact) mass is 303 g/mol. The molecule has 0 radical (unpaired) electrons. The molecule has 1 fully saturated rings. The van der Waals surface area contributed by atoms with Crippen molar-refractivity contribution >= 4 is 21.8 Å². The van der Waals surface area contributed by atoms with Crippen LogP contribution < -0.4 is 0 Å². The number of alkyl halides is 1. The first-order valence-corrected chi connectivity index (χ1v) is 7.89. The molecular weight excluding hydrogens is 278 g/mol. The van der Waals surface area contributed by atoms with Gasteiger partial charge in [0.15, 0.2) is 0 Å². The summed E-state index contributed by atoms with van der Waals surface area (Å²) in [7, 11) is 1.97. The number of halogens is 1. The largest absolute Gasteiger partial charge is 0.345 e. The molecule has 1 amide bonds. The molecule has 1 rings (SSSR count). The Morgan fingerprint density at radius 3 is 2.24 bits per heavy atom. The summed E-state index contributed by atoms with van der Waals surface area (Å²) < 4.78 is 0. The molecule has 3 heteroatoms. The lowest BCUT2D eigenvalue weighted by atomic mass is 9.84. The van der Waals surface area contributed by atoms with Crippen molar-refractivity contribution in [3.05, 3.63) is 0 Å². The number of hydrogen-bond acceptors (Lipinski definition) is 1. The maximum absolute atomic E-state index is 12.3. The highest BCUT2D eigenvalue weighted by Gasteiger charge is 2.30. The van der Waals surface area contributed by atoms with E-state index < -0.39 is 0 Å². The second-order valence-corrected chi connectivity index (χ2v) is 6.72. The second kappa shape index (κ2) is 7.40. The van der Waals surface area contributed by atoms with Crippen LogP contribution in [0.5, 0.6) is 0 Å². The van der Waals surface area contributed by atoms with Gasteiger partial charge in [-0.05, 0) is 31.6 Å². The van der Waals surface area contributed by atoms with Gasteiger partial charge in [-0.3, -0.25) is 4.79 Å². The molecule has 0 spiro atoms. The lowest BCUT2D eigenvalue weighted by Gasteiger charge is -2.35. The minimum Gasteiger partial charge on any atom is -0.345 e. The van der Waals surface area contributed by atoms with Gasteiger partial charge in [0, 0.05) is 24.3 Å². The van der Waals surface area contributed by atoms with Crippen LogP contribution in [-0.2, 0) is 4.79 Å². The Kier molecular flexibility index (Phi) is 6.53. The number of rotatable bonds is 7. The molecule has 0 heterocycles. The van der Waals surface area contributed by atoms with Crippen molar-refractivity contribution in [3.63, 3.8) is 0 Å². The molecule has 0 unspecified atom stereocenters. The van der Waals surface area contributed by atoms with E-state index in [0.717, 1.165) is 38.1 Å². The van der Waals surface area contributed by atoms with Crippen molar-refractivity contribution in [1.82, 2.24) is 4.90 Å². The molecule has 2 nitrogen and oxygen atoms in total. The molecule has 0 atom stereocenters. The third-order valence-electron chi connectivity index (χ3n) is 3.71. The Morgan fingerprint density at radius 2 is 1.82 bits per heavy atom. The lowest BCUT2D eigenvalue weighted by Crippen LogP contribution is -2.40. The molecule has 17 heavy (non-hydrogen) atoms. The fourth-order valence-corrected chi connectivity index (χ4v) is 3.74. The molecule has 1 aliphatic rings. The smallest absolute Gasteiger partial charge is 0.225 e. The van der Waals surface area contributed by atoms with Gasteiger partial charge in [-0.25, -0.2) is 0 Å². The Morgan fingerprint density at radius 1 is 1.29 bits per heavy atom. The molecular formula is C14H26BrNO. The van der Waals surface area contributed by atoms with Crippen LogP contribution in [0.25, 0.3) is 0 Å². The average Bonchev–Trinajstić information content (AvgIpc) is 2.25. The Bertz CT molecular complexity index is 232. The summed E-state index contributed by atoms with van der Waals surface area (Å²) in [6.07, 6.45) is 6.76. The molecule has 0 bridgehead atoms. The average molecular weight is 304 g/mol. The third kappa shape index (κ3) is 4.61. The molecule has 100 valence electrons. The normalized spacial score (nSPS) is 23.6. The van der Waals surface area contributed by atoms with Gasteiger partial charge in [0.2, 0.25) is 5.91 Å². The van der Waals surface area contributed by atoms with E-state index in [-0.39, 0.29) is 5.92 Å². The van der Waals surface area contributed by atoms with E-state index in [1.54, 1.807) is 0 Å². The van der Waals surface area contributed by atoms with E-state index in [1.807, 2.05) is 11.9 Å². The number of carbonyl (C=O) groups excluding carboxylic acids is 1. The van der Waals surface area contributed by atoms with Crippen LogP contribution in [0.4, 0.5) is 0 Å². The van der Waals surface area contributed by atoms with Crippen LogP contribution >= 0.6 is 15.9 Å². The molecule has 0 saturated heterocycles. The molecule has 0 aromatic heterocycles. The summed E-state index contributed by atoms with van der Waals surface area (Å²) in [6.45, 7) is 5.28. The maximum atomic E-state index is 12.3. The fraction of sp³-hybridized carbons (Fsp3) is 0.929. The Labute approximate surface area is 114 Å². The van der Waals surface area contributed by atoms with E-state index in [9.17, 15) is 4.79 Å². The van der Waals surface area contributed by atoms with Gasteiger partial charge in [0.25, 0.3) is 0 Å². The van der Waals surface area contributed by atoms with Gasteiger partial charge in [-0.15, -0.1) is 0 Å². The molecule has 0 aliphatic heterocycles. The fourth-order valence-electron chi connectivity index (χ4n) is 2.68. The van der Waals surface area contributed by atoms with Crippen LogP contribution in [0.3, 0.4) is 0 Å². The highest BCUT2D eigenvalue weighted by atomic mass is 79.9. The third-order valence-corrected chi connectivity index (χ3v) is 4.46. The van der Waals surface area contributed by atoms with Crippen LogP contribution in [0, 0.1) is 11.8 Å². The van der Waals surface area contributed by atoms with Crippen molar-refractivity contribution in [2.75, 3.05) is 13.6 Å². The summed E-state index contributed by atoms with van der Waals surface area (Å²) in [5, 5.41) is 0. The zero-order valence-electron chi connectivity index (χ0n) is 11.4. The Balaban J connectivity index is 2.36. The quantitative estimate of drug-likeness (QED) is 0.655. The van der Waals surface area contributed by atoms with E-state index >= 15 is 0 Å². The van der Waals surface area contributed by atoms with Crippen LogP contribution in [0.1, 0.15) is 52.4 Å². The summed E-state index contributed by atoms with van der Waals surface area (Å²) in [4.78, 5) is 15.0. The van der Waals surface area contributed by atoms with Crippen molar-refractivity contribution in [3.8, 4) is 0 Å². The van der Waals surface area contributed by atoms with E-state index in [2.05, 4.69) is 29.8 Å². The summed E-state index contributed by atoms with van der Waals surface area (Å²) >= 11 is 3.60. The SMILES string of the molecule is CCCC(CCC)C(=O)N(C)CC1CC(Br)C1. The van der Waals surface area contributed by atoms with Crippen molar-refractivity contribution in [1.29, 1.82) is 0 Å². The second-order valence-electron chi connectivity index (χ2n) is 5.43. The summed E-state index contributed by atoms with van der Waals surface area (Å²) in [6, 6.07) is 0. The van der Waals surface area contributed by atoms with Gasteiger partial charge < -0.3 is 4.90 Å². The molecule has 0 aromatic rings. The predicted molar refractivity (Wildman–Crippen MR) is 76.4 cm³/mol. The minimum absolute atomic E-state index is 0.259. The number of amides is 1. The number of carbonyl (C=O) groups is 1. The van der Waals surface area contributed by atoms with E-state index in [4.69, 9.17) is 0 Å². The summed E-state index contributed by atoms with van der Waals surface area (Å²) in [5.41, 5.74) is 0. The van der Waals surface area contributed by atoms with Crippen LogP contribution in [0.2, 0.25) is 0 Å². The molecule has 0 N–H and O–H groups in total. The van der Waals surface area contributed by atoms with Crippen LogP contribution in [-0.4, -0.2) is 29.2 Å². The maximum Gasteiger partial charge on any atom is 0.225 e. The van der Waals surface area contributed by atoms with Gasteiger partial charge in [-0.1, -0.05) is 42.6 Å². The standard InChI is InChI=1S/C14H26BrNO/c1-4-6-12(7-5-2)14(17)16(3)10-11-8-13(15)9-11/h11-13H,4-10H2,1-3H3. The lowest BCUT2D eigenvalue weighted by molar-refractivity contribution is -0.135. The molecule has 1 aliphatic carbocycles. The van der Waals surface area contributed by atoms with E-state index in [1.165, 1.54) is 12.8 Å². The zero-order chi connectivity index (χ0) is 12.8. The first-order valence-electron chi connectivity index (χ1n) is 6.97. The van der Waals surface area contributed by atoms with Gasteiger partial charge in [0.1, 0.15) is 0 Å². The van der Waals surface area contributed by atoms with Gasteiger partial charge >= 0.3 is 0 Å². The number of nitrogens with zero attached hydrogens (tertiary/aromatic N) is 1. The number of hydrogen-bond donors (Lipinski definition) is 0. The Hall–Kier alpha value is -0.0500. The topological polar surface area (TPSA) is 20.3 Å². The van der Waals surface area contributed by atoms with Gasteiger partial charge in [-0.2, -0.15) is 0 Å². The minimum atomic E-state index is 0.259. The van der Waals surface area contributed by atoms with Crippen LogP contribution in [0.15, 0.2) is 0 Å². The first kappa shape index (κ1) is 15.0. The molecule has 0 aromatic carbocycles. The van der Waals surface area contributed by atoms with E-state index in [0.29, 0.717) is 10.7 Å². The highest BCUT2D eigenvalue weighted by molar-refractivity contribution is 9.09. The van der Waals surface area contributed by atoms with Gasteiger partial charge in [0.05, 0.1) is 0 Å². The molecule has 1 saturated carbocycles. The van der Waals surface area contributed by atoms with Crippen molar-refractivity contribution < 1.29 is 4.79 Å². The summed E-state index contributed by atoms with van der Waals surface area (Å²) in [5.74, 6) is 1.35. The zero-order valence-corrected chi connectivity index (χ0v) is 13.0.